The molecule has 0 bridgehead atoms. The first-order valence-corrected chi connectivity index (χ1v) is 13.6. The lowest BCUT2D eigenvalue weighted by Gasteiger charge is -2.21. The molecule has 1 atom stereocenters. The van der Waals surface area contributed by atoms with E-state index in [2.05, 4.69) is 4.74 Å². The number of carbonyl (C=O) groups is 1. The fourth-order valence-corrected chi connectivity index (χ4v) is 5.01. The van der Waals surface area contributed by atoms with Crippen LogP contribution in [-0.4, -0.2) is 32.6 Å². The highest BCUT2D eigenvalue weighted by Crippen LogP contribution is 2.38. The van der Waals surface area contributed by atoms with Gasteiger partial charge in [0.25, 0.3) is 0 Å². The van der Waals surface area contributed by atoms with Crippen molar-refractivity contribution in [2.75, 3.05) is 25.6 Å². The van der Waals surface area contributed by atoms with Gasteiger partial charge in [-0.25, -0.2) is 4.79 Å². The van der Waals surface area contributed by atoms with E-state index in [0.717, 1.165) is 42.7 Å². The van der Waals surface area contributed by atoms with Gasteiger partial charge in [0.15, 0.2) is 23.9 Å². The molecular weight excluding hydrogens is 573 g/mol. The van der Waals surface area contributed by atoms with Gasteiger partial charge in [0, 0.05) is 36.7 Å². The Kier molecular flexibility index (Phi) is 9.63. The number of rotatable bonds is 11. The van der Waals surface area contributed by atoms with Crippen molar-refractivity contribution in [1.82, 2.24) is 0 Å². The molecule has 0 N–H and O–H groups in total. The SMILES string of the molecule is CN(C)c1cccc(SC(=O)OC(Cc2c(Cl)c[n+]([O-])cc2Cl)c2ccc(OC(F)F)c(OCC3CC3)c2)c1. The zero-order valence-corrected chi connectivity index (χ0v) is 23.4. The van der Waals surface area contributed by atoms with E-state index in [9.17, 15) is 18.8 Å². The van der Waals surface area contributed by atoms with Crippen LogP contribution in [0.25, 0.3) is 0 Å². The Balaban J connectivity index is 1.64. The number of anilines is 1. The van der Waals surface area contributed by atoms with Crippen LogP contribution >= 0.6 is 35.0 Å². The topological polar surface area (TPSA) is 74.9 Å². The lowest BCUT2D eigenvalue weighted by Crippen LogP contribution is -2.25. The normalized spacial score (nSPS) is 13.7. The standard InChI is InChI=1S/C27H26Cl2F2N2O5S/c1-32(2)18-4-3-5-19(11-18)39-27(34)38-24(12-20-21(28)13-33(35)14-22(20)29)17-8-9-23(37-26(30)31)25(10-17)36-15-16-6-7-16/h3-5,8-11,13-14,16,24,26H,6-7,12,15H2,1-2H3. The Bertz CT molecular complexity index is 1300. The number of ether oxygens (including phenoxy) is 3. The van der Waals surface area contributed by atoms with Gasteiger partial charge in [-0.2, -0.15) is 13.5 Å². The molecule has 7 nitrogen and oxygen atoms in total. The second kappa shape index (κ2) is 12.9. The second-order valence-electron chi connectivity index (χ2n) is 9.19. The summed E-state index contributed by atoms with van der Waals surface area (Å²) in [5.74, 6) is 0.337. The minimum atomic E-state index is -3.04. The van der Waals surface area contributed by atoms with E-state index in [4.69, 9.17) is 32.7 Å². The zero-order chi connectivity index (χ0) is 28.1. The van der Waals surface area contributed by atoms with Crippen LogP contribution in [-0.2, 0) is 11.2 Å². The number of carbonyl (C=O) groups excluding carboxylic acids is 1. The number of nitrogens with zero attached hydrogens (tertiary/aromatic N) is 2. The second-order valence-corrected chi connectivity index (χ2v) is 11.0. The van der Waals surface area contributed by atoms with Crippen molar-refractivity contribution in [2.45, 2.75) is 36.9 Å². The summed E-state index contributed by atoms with van der Waals surface area (Å²) in [6, 6.07) is 11.7. The maximum Gasteiger partial charge on any atom is 0.387 e. The molecule has 1 unspecified atom stereocenters. The van der Waals surface area contributed by atoms with E-state index in [0.29, 0.717) is 33.3 Å². The van der Waals surface area contributed by atoms with Gasteiger partial charge in [-0.1, -0.05) is 35.3 Å². The minimum Gasteiger partial charge on any atom is -0.619 e. The molecule has 2 aromatic carbocycles. The molecular formula is C27H26Cl2F2N2O5S. The number of pyridine rings is 1. The molecule has 0 amide bonds. The van der Waals surface area contributed by atoms with Gasteiger partial charge in [-0.05, 0) is 66.4 Å². The Hall–Kier alpha value is -2.95. The number of aromatic nitrogens is 1. The van der Waals surface area contributed by atoms with Crippen LogP contribution < -0.4 is 19.1 Å². The van der Waals surface area contributed by atoms with Gasteiger partial charge in [-0.3, -0.25) is 0 Å². The van der Waals surface area contributed by atoms with Crippen LogP contribution in [0.4, 0.5) is 19.3 Å². The van der Waals surface area contributed by atoms with Crippen molar-refractivity contribution < 1.29 is 32.5 Å². The van der Waals surface area contributed by atoms with Gasteiger partial charge in [0.1, 0.15) is 16.1 Å². The maximum atomic E-state index is 13.1. The third kappa shape index (κ3) is 8.27. The molecule has 4 rings (SSSR count). The number of hydrogen-bond donors (Lipinski definition) is 0. The molecule has 1 aliphatic carbocycles. The lowest BCUT2D eigenvalue weighted by atomic mass is 10.0. The number of thioether (sulfide) groups is 1. The van der Waals surface area contributed by atoms with Crippen molar-refractivity contribution in [3.8, 4) is 11.5 Å². The Morgan fingerprint density at radius 3 is 2.49 bits per heavy atom. The summed E-state index contributed by atoms with van der Waals surface area (Å²) in [7, 11) is 3.78. The van der Waals surface area contributed by atoms with Crippen LogP contribution in [0.1, 0.15) is 30.1 Å². The Labute approximate surface area is 239 Å². The van der Waals surface area contributed by atoms with Crippen molar-refractivity contribution in [3.63, 3.8) is 0 Å². The molecule has 39 heavy (non-hydrogen) atoms. The van der Waals surface area contributed by atoms with Crippen LogP contribution in [0.2, 0.25) is 10.0 Å². The van der Waals surface area contributed by atoms with Crippen molar-refractivity contribution in [1.29, 1.82) is 0 Å². The van der Waals surface area contributed by atoms with E-state index >= 15 is 0 Å². The molecule has 3 aromatic rings. The molecule has 208 valence electrons. The molecule has 1 aliphatic rings. The van der Waals surface area contributed by atoms with Crippen LogP contribution in [0.15, 0.2) is 59.8 Å². The lowest BCUT2D eigenvalue weighted by molar-refractivity contribution is -0.605. The van der Waals surface area contributed by atoms with Gasteiger partial charge >= 0.3 is 11.9 Å². The average molecular weight is 599 g/mol. The average Bonchev–Trinajstić information content (AvgIpc) is 3.69. The highest BCUT2D eigenvalue weighted by atomic mass is 35.5. The van der Waals surface area contributed by atoms with E-state index < -0.39 is 18.0 Å². The van der Waals surface area contributed by atoms with E-state index in [-0.39, 0.29) is 28.0 Å². The fraction of sp³-hybridized carbons (Fsp3) is 0.333. The van der Waals surface area contributed by atoms with Gasteiger partial charge in [0.2, 0.25) is 0 Å². The number of halogens is 4. The predicted molar refractivity (Wildman–Crippen MR) is 146 cm³/mol. The molecule has 1 saturated carbocycles. The van der Waals surface area contributed by atoms with Gasteiger partial charge in [0.05, 0.1) is 6.61 Å². The maximum absolute atomic E-state index is 13.1. The minimum absolute atomic E-state index is 0.0136. The largest absolute Gasteiger partial charge is 0.619 e. The predicted octanol–water partition coefficient (Wildman–Crippen LogP) is 7.30. The summed E-state index contributed by atoms with van der Waals surface area (Å²) in [6.45, 7) is -2.69. The molecule has 12 heteroatoms. The third-order valence-electron chi connectivity index (χ3n) is 5.95. The number of benzene rings is 2. The monoisotopic (exact) mass is 598 g/mol. The van der Waals surface area contributed by atoms with Crippen molar-refractivity contribution in [2.24, 2.45) is 5.92 Å². The summed E-state index contributed by atoms with van der Waals surface area (Å²) in [4.78, 5) is 15.6. The first kappa shape index (κ1) is 29.0. The molecule has 0 aliphatic heterocycles. The Morgan fingerprint density at radius 2 is 1.85 bits per heavy atom. The summed E-state index contributed by atoms with van der Waals surface area (Å²) >= 11 is 13.5. The molecule has 0 radical (unpaired) electrons. The van der Waals surface area contributed by atoms with E-state index in [1.165, 1.54) is 18.2 Å². The first-order chi connectivity index (χ1) is 18.6. The number of alkyl halides is 2. The molecule has 1 heterocycles. The first-order valence-electron chi connectivity index (χ1n) is 12.0. The van der Waals surface area contributed by atoms with Crippen LogP contribution in [0.5, 0.6) is 11.5 Å². The molecule has 1 fully saturated rings. The van der Waals surface area contributed by atoms with Gasteiger partial charge in [-0.15, -0.1) is 0 Å². The van der Waals surface area contributed by atoms with E-state index in [1.54, 1.807) is 6.07 Å². The molecule has 0 spiro atoms. The van der Waals surface area contributed by atoms with Crippen LogP contribution in [0, 0.1) is 11.1 Å². The molecule has 0 saturated heterocycles. The number of hydrogen-bond acceptors (Lipinski definition) is 7. The molecule has 1 aromatic heterocycles. The summed E-state index contributed by atoms with van der Waals surface area (Å²) < 4.78 is 42.8. The Morgan fingerprint density at radius 1 is 1.13 bits per heavy atom. The zero-order valence-electron chi connectivity index (χ0n) is 21.1. The third-order valence-corrected chi connectivity index (χ3v) is 7.35. The van der Waals surface area contributed by atoms with Crippen molar-refractivity contribution in [3.05, 3.63) is 81.2 Å². The van der Waals surface area contributed by atoms with Crippen LogP contribution in [0.3, 0.4) is 0 Å². The van der Waals surface area contributed by atoms with Gasteiger partial charge < -0.3 is 24.3 Å². The summed E-state index contributed by atoms with van der Waals surface area (Å²) in [5.41, 5.74) is 1.74. The smallest absolute Gasteiger partial charge is 0.387 e. The highest BCUT2D eigenvalue weighted by Gasteiger charge is 2.26. The quantitative estimate of drug-likeness (QED) is 0.0992. The summed E-state index contributed by atoms with van der Waals surface area (Å²) in [6.07, 6.45) is 3.37. The highest BCUT2D eigenvalue weighted by molar-refractivity contribution is 8.13. The summed E-state index contributed by atoms with van der Waals surface area (Å²) in [5, 5.41) is 11.3. The van der Waals surface area contributed by atoms with E-state index in [1.807, 2.05) is 37.2 Å². The fourth-order valence-electron chi connectivity index (χ4n) is 3.72. The van der Waals surface area contributed by atoms with Crippen molar-refractivity contribution >= 4 is 46.0 Å².